The van der Waals surface area contributed by atoms with Gasteiger partial charge in [0.15, 0.2) is 10.7 Å². The molecule has 0 amide bonds. The summed E-state index contributed by atoms with van der Waals surface area (Å²) in [5.74, 6) is 0. The maximum Gasteiger partial charge on any atom is 0.168 e. The van der Waals surface area contributed by atoms with Crippen LogP contribution in [0.5, 0.6) is 0 Å². The molecule has 3 heteroatoms. The third-order valence-corrected chi connectivity index (χ3v) is 3.60. The van der Waals surface area contributed by atoms with Gasteiger partial charge in [-0.2, -0.15) is 0 Å². The maximum atomic E-state index is 10.9. The quantitative estimate of drug-likeness (QED) is 0.526. The molecule has 0 aliphatic rings. The van der Waals surface area contributed by atoms with Crippen molar-refractivity contribution >= 4 is 32.2 Å². The molecule has 0 unspecified atom stereocenters. The molecule has 2 nitrogen and oxygen atoms in total. The average molecular weight is 242 g/mol. The van der Waals surface area contributed by atoms with E-state index in [1.165, 1.54) is 5.39 Å². The molecule has 0 saturated heterocycles. The molecule has 17 heavy (non-hydrogen) atoms. The first-order valence-corrected chi connectivity index (χ1v) is 6.49. The van der Waals surface area contributed by atoms with Crippen LogP contribution in [-0.2, 0) is 10.7 Å². The van der Waals surface area contributed by atoms with Gasteiger partial charge in [-0.1, -0.05) is 30.3 Å². The highest BCUT2D eigenvalue weighted by Gasteiger charge is 2.00. The zero-order valence-corrected chi connectivity index (χ0v) is 9.85. The monoisotopic (exact) mass is 242 g/mol. The molecular weight excluding hydrogens is 232 g/mol. The van der Waals surface area contributed by atoms with Crippen molar-refractivity contribution in [1.82, 2.24) is 0 Å². The Bertz CT molecular complexity index is 780. The SMILES string of the molecule is O=[SH](=O)c1ccc2cc3ccccc3cc2c1. The minimum atomic E-state index is -2.51. The Balaban J connectivity index is 2.40. The number of benzene rings is 3. The Kier molecular flexibility index (Phi) is 2.34. The van der Waals surface area contributed by atoms with Crippen LogP contribution in [0.15, 0.2) is 59.5 Å². The molecule has 0 aromatic heterocycles. The maximum absolute atomic E-state index is 10.9. The Morgan fingerprint density at radius 1 is 0.647 bits per heavy atom. The zero-order valence-electron chi connectivity index (χ0n) is 8.96. The van der Waals surface area contributed by atoms with Crippen LogP contribution in [0.4, 0.5) is 0 Å². The van der Waals surface area contributed by atoms with Crippen LogP contribution < -0.4 is 0 Å². The van der Waals surface area contributed by atoms with Gasteiger partial charge in [-0.3, -0.25) is 0 Å². The standard InChI is InChI=1S/C14H10O2S/c15-17(16)14-6-5-12-7-10-3-1-2-4-11(10)8-13(12)9-14/h1-9,17H. The van der Waals surface area contributed by atoms with Gasteiger partial charge in [0.1, 0.15) is 0 Å². The summed E-state index contributed by atoms with van der Waals surface area (Å²) in [6.45, 7) is 0. The Hall–Kier alpha value is -1.87. The van der Waals surface area contributed by atoms with Crippen LogP contribution in [0.3, 0.4) is 0 Å². The second kappa shape index (κ2) is 3.86. The van der Waals surface area contributed by atoms with Crippen molar-refractivity contribution in [3.8, 4) is 0 Å². The van der Waals surface area contributed by atoms with Gasteiger partial charge in [0.25, 0.3) is 0 Å². The van der Waals surface area contributed by atoms with E-state index in [-0.39, 0.29) is 0 Å². The van der Waals surface area contributed by atoms with Crippen molar-refractivity contribution in [2.45, 2.75) is 4.90 Å². The lowest BCUT2D eigenvalue weighted by atomic mass is 10.0. The second-order valence-corrected chi connectivity index (χ2v) is 5.02. The molecule has 0 saturated carbocycles. The van der Waals surface area contributed by atoms with E-state index in [1.54, 1.807) is 12.1 Å². The lowest BCUT2D eigenvalue weighted by Crippen LogP contribution is -1.81. The van der Waals surface area contributed by atoms with Crippen LogP contribution in [0.25, 0.3) is 21.5 Å². The fourth-order valence-corrected chi connectivity index (χ4v) is 2.48. The molecule has 0 aliphatic carbocycles. The molecule has 3 rings (SSSR count). The van der Waals surface area contributed by atoms with Gasteiger partial charge in [0, 0.05) is 0 Å². The summed E-state index contributed by atoms with van der Waals surface area (Å²) in [7, 11) is -2.51. The molecule has 3 aromatic carbocycles. The number of hydrogen-bond donors (Lipinski definition) is 1. The highest BCUT2D eigenvalue weighted by Crippen LogP contribution is 2.23. The molecule has 84 valence electrons. The Morgan fingerprint density at radius 2 is 1.24 bits per heavy atom. The molecule has 0 bridgehead atoms. The van der Waals surface area contributed by atoms with Gasteiger partial charge < -0.3 is 0 Å². The number of fused-ring (bicyclic) bond motifs is 2. The summed E-state index contributed by atoms with van der Waals surface area (Å²) < 4.78 is 21.9. The van der Waals surface area contributed by atoms with E-state index < -0.39 is 10.7 Å². The van der Waals surface area contributed by atoms with E-state index in [4.69, 9.17) is 0 Å². The third kappa shape index (κ3) is 1.78. The minimum absolute atomic E-state index is 0.364. The summed E-state index contributed by atoms with van der Waals surface area (Å²) >= 11 is 0. The number of thiol groups is 1. The van der Waals surface area contributed by atoms with E-state index in [0.717, 1.165) is 16.2 Å². The van der Waals surface area contributed by atoms with Crippen LogP contribution >= 0.6 is 0 Å². The molecule has 0 radical (unpaired) electrons. The van der Waals surface area contributed by atoms with Crippen LogP contribution in [-0.4, -0.2) is 8.42 Å². The van der Waals surface area contributed by atoms with Gasteiger partial charge in [-0.05, 0) is 45.8 Å². The molecule has 0 N–H and O–H groups in total. The zero-order chi connectivity index (χ0) is 11.8. The molecule has 0 fully saturated rings. The van der Waals surface area contributed by atoms with E-state index >= 15 is 0 Å². The van der Waals surface area contributed by atoms with Crippen molar-refractivity contribution in [2.24, 2.45) is 0 Å². The largest absolute Gasteiger partial charge is 0.227 e. The van der Waals surface area contributed by atoms with Crippen LogP contribution in [0, 0.1) is 0 Å². The summed E-state index contributed by atoms with van der Waals surface area (Å²) in [6.07, 6.45) is 0. The fraction of sp³-hybridized carbons (Fsp3) is 0. The number of hydrogen-bond acceptors (Lipinski definition) is 2. The van der Waals surface area contributed by atoms with Gasteiger partial charge >= 0.3 is 0 Å². The topological polar surface area (TPSA) is 34.1 Å². The lowest BCUT2D eigenvalue weighted by Gasteiger charge is -2.02. The van der Waals surface area contributed by atoms with E-state index in [1.807, 2.05) is 30.3 Å². The average Bonchev–Trinajstić information content (AvgIpc) is 2.35. The van der Waals surface area contributed by atoms with Gasteiger partial charge in [-0.15, -0.1) is 0 Å². The van der Waals surface area contributed by atoms with E-state index in [9.17, 15) is 8.42 Å². The van der Waals surface area contributed by atoms with Gasteiger partial charge in [-0.25, -0.2) is 8.42 Å². The van der Waals surface area contributed by atoms with Crippen molar-refractivity contribution in [3.63, 3.8) is 0 Å². The molecule has 0 heterocycles. The van der Waals surface area contributed by atoms with Crippen LogP contribution in [0.2, 0.25) is 0 Å². The molecular formula is C14H10O2S. The lowest BCUT2D eigenvalue weighted by molar-refractivity contribution is 0.614. The van der Waals surface area contributed by atoms with Crippen molar-refractivity contribution in [2.75, 3.05) is 0 Å². The van der Waals surface area contributed by atoms with Crippen molar-refractivity contribution in [1.29, 1.82) is 0 Å². The molecule has 0 atom stereocenters. The highest BCUT2D eigenvalue weighted by molar-refractivity contribution is 7.72. The van der Waals surface area contributed by atoms with E-state index in [2.05, 4.69) is 12.1 Å². The predicted molar refractivity (Wildman–Crippen MR) is 70.0 cm³/mol. The van der Waals surface area contributed by atoms with Crippen molar-refractivity contribution < 1.29 is 8.42 Å². The van der Waals surface area contributed by atoms with Crippen LogP contribution in [0.1, 0.15) is 0 Å². The summed E-state index contributed by atoms with van der Waals surface area (Å²) in [6, 6.07) is 17.4. The first kappa shape index (κ1) is 10.3. The predicted octanol–water partition coefficient (Wildman–Crippen LogP) is 2.96. The first-order valence-electron chi connectivity index (χ1n) is 5.31. The molecule has 0 spiro atoms. The summed E-state index contributed by atoms with van der Waals surface area (Å²) in [4.78, 5) is 0.364. The fourth-order valence-electron chi connectivity index (χ4n) is 2.04. The summed E-state index contributed by atoms with van der Waals surface area (Å²) in [5.41, 5.74) is 0. The van der Waals surface area contributed by atoms with E-state index in [0.29, 0.717) is 4.90 Å². The second-order valence-electron chi connectivity index (χ2n) is 3.99. The Morgan fingerprint density at radius 3 is 1.88 bits per heavy atom. The third-order valence-electron chi connectivity index (χ3n) is 2.90. The Labute approximate surface area is 100 Å². The molecule has 0 aliphatic heterocycles. The minimum Gasteiger partial charge on any atom is -0.227 e. The molecule has 3 aromatic rings. The summed E-state index contributed by atoms with van der Waals surface area (Å²) in [5, 5.41) is 4.31. The first-order chi connectivity index (χ1) is 8.24. The normalized spacial score (nSPS) is 11.4. The smallest absolute Gasteiger partial charge is 0.168 e. The van der Waals surface area contributed by atoms with Gasteiger partial charge in [0.2, 0.25) is 0 Å². The van der Waals surface area contributed by atoms with Gasteiger partial charge in [0.05, 0.1) is 4.90 Å². The highest BCUT2D eigenvalue weighted by atomic mass is 32.2. The van der Waals surface area contributed by atoms with Crippen molar-refractivity contribution in [3.05, 3.63) is 54.6 Å². The number of rotatable bonds is 1.